The second-order valence-corrected chi connectivity index (χ2v) is 7.47. The van der Waals surface area contributed by atoms with E-state index in [0.29, 0.717) is 55.1 Å². The van der Waals surface area contributed by atoms with Crippen LogP contribution in [0.2, 0.25) is 0 Å². The molecule has 1 heterocycles. The third-order valence-corrected chi connectivity index (χ3v) is 5.45. The van der Waals surface area contributed by atoms with Crippen LogP contribution in [-0.2, 0) is 11.3 Å². The van der Waals surface area contributed by atoms with Gasteiger partial charge in [0.05, 0.1) is 14.2 Å². The summed E-state index contributed by atoms with van der Waals surface area (Å²) in [7, 11) is 3.08. The third-order valence-electron chi connectivity index (χ3n) is 5.45. The standard InChI is InChI=1S/C23H27FN2O4/c1-15-4-5-16(10-21(15)24)14-25-22(27)17-6-8-26(9-7-17)23(28)18-11-19(29-2)13-20(12-18)30-3/h4-5,10-13,17H,6-9,14H2,1-3H3,(H,25,27). The van der Waals surface area contributed by atoms with Crippen LogP contribution in [0.5, 0.6) is 11.5 Å². The Morgan fingerprint density at radius 1 is 1.07 bits per heavy atom. The van der Waals surface area contributed by atoms with E-state index < -0.39 is 0 Å². The lowest BCUT2D eigenvalue weighted by atomic mass is 9.95. The van der Waals surface area contributed by atoms with Gasteiger partial charge < -0.3 is 19.7 Å². The van der Waals surface area contributed by atoms with Gasteiger partial charge in [-0.3, -0.25) is 9.59 Å². The first kappa shape index (κ1) is 21.6. The molecule has 2 aromatic rings. The molecule has 1 fully saturated rings. The second-order valence-electron chi connectivity index (χ2n) is 7.47. The van der Waals surface area contributed by atoms with E-state index >= 15 is 0 Å². The Morgan fingerprint density at radius 3 is 2.27 bits per heavy atom. The molecule has 1 N–H and O–H groups in total. The van der Waals surface area contributed by atoms with Crippen molar-refractivity contribution in [2.75, 3.05) is 27.3 Å². The molecule has 0 aliphatic carbocycles. The molecule has 160 valence electrons. The topological polar surface area (TPSA) is 67.9 Å². The van der Waals surface area contributed by atoms with Gasteiger partial charge in [0.15, 0.2) is 0 Å². The highest BCUT2D eigenvalue weighted by Gasteiger charge is 2.28. The van der Waals surface area contributed by atoms with Crippen LogP contribution in [0.4, 0.5) is 4.39 Å². The maximum Gasteiger partial charge on any atom is 0.254 e. The Kier molecular flexibility index (Phi) is 6.92. The molecule has 0 spiro atoms. The molecule has 0 aromatic heterocycles. The number of nitrogens with one attached hydrogen (secondary N) is 1. The van der Waals surface area contributed by atoms with Crippen LogP contribution in [0.3, 0.4) is 0 Å². The number of carbonyl (C=O) groups excluding carboxylic acids is 2. The molecule has 0 atom stereocenters. The quantitative estimate of drug-likeness (QED) is 0.788. The number of carbonyl (C=O) groups is 2. The van der Waals surface area contributed by atoms with Crippen LogP contribution in [0.1, 0.15) is 34.3 Å². The summed E-state index contributed by atoms with van der Waals surface area (Å²) in [5.41, 5.74) is 1.80. The van der Waals surface area contributed by atoms with Crippen molar-refractivity contribution in [3.05, 3.63) is 58.9 Å². The normalized spacial score (nSPS) is 14.3. The first-order valence-electron chi connectivity index (χ1n) is 9.96. The van der Waals surface area contributed by atoms with Crippen LogP contribution >= 0.6 is 0 Å². The molecule has 2 aromatic carbocycles. The molecule has 1 saturated heterocycles. The Balaban J connectivity index is 1.54. The minimum atomic E-state index is -0.275. The Labute approximate surface area is 176 Å². The third kappa shape index (κ3) is 5.09. The van der Waals surface area contributed by atoms with Gasteiger partial charge in [-0.25, -0.2) is 4.39 Å². The van der Waals surface area contributed by atoms with Gasteiger partial charge in [-0.15, -0.1) is 0 Å². The number of piperidine rings is 1. The molecule has 0 unspecified atom stereocenters. The number of halogens is 1. The number of hydrogen-bond acceptors (Lipinski definition) is 4. The Morgan fingerprint density at radius 2 is 1.70 bits per heavy atom. The molecule has 30 heavy (non-hydrogen) atoms. The summed E-state index contributed by atoms with van der Waals surface area (Å²) >= 11 is 0. The molecule has 6 nitrogen and oxygen atoms in total. The summed E-state index contributed by atoms with van der Waals surface area (Å²) in [5, 5.41) is 2.88. The van der Waals surface area contributed by atoms with E-state index in [2.05, 4.69) is 5.32 Å². The van der Waals surface area contributed by atoms with Crippen molar-refractivity contribution < 1.29 is 23.5 Å². The smallest absolute Gasteiger partial charge is 0.254 e. The SMILES string of the molecule is COc1cc(OC)cc(C(=O)N2CCC(C(=O)NCc3ccc(C)c(F)c3)CC2)c1. The van der Waals surface area contributed by atoms with Gasteiger partial charge in [-0.1, -0.05) is 12.1 Å². The number of hydrogen-bond donors (Lipinski definition) is 1. The van der Waals surface area contributed by atoms with Gasteiger partial charge in [0.1, 0.15) is 17.3 Å². The maximum absolute atomic E-state index is 13.6. The van der Waals surface area contributed by atoms with Crippen molar-refractivity contribution >= 4 is 11.8 Å². The van der Waals surface area contributed by atoms with Gasteiger partial charge in [-0.05, 0) is 49.1 Å². The van der Waals surface area contributed by atoms with Crippen molar-refractivity contribution in [2.45, 2.75) is 26.3 Å². The summed E-state index contributed by atoms with van der Waals surface area (Å²) in [6.45, 7) is 2.98. The molecule has 3 rings (SSSR count). The molecular weight excluding hydrogens is 387 g/mol. The van der Waals surface area contributed by atoms with Gasteiger partial charge >= 0.3 is 0 Å². The number of nitrogens with zero attached hydrogens (tertiary/aromatic N) is 1. The summed E-state index contributed by atoms with van der Waals surface area (Å²) in [4.78, 5) is 27.1. The van der Waals surface area contributed by atoms with Crippen LogP contribution in [0.15, 0.2) is 36.4 Å². The molecule has 0 saturated carbocycles. The minimum absolute atomic E-state index is 0.0638. The summed E-state index contributed by atoms with van der Waals surface area (Å²) in [6.07, 6.45) is 1.17. The number of aryl methyl sites for hydroxylation is 1. The molecule has 0 radical (unpaired) electrons. The highest BCUT2D eigenvalue weighted by Crippen LogP contribution is 2.25. The lowest BCUT2D eigenvalue weighted by Gasteiger charge is -2.31. The van der Waals surface area contributed by atoms with Crippen LogP contribution in [0.25, 0.3) is 0 Å². The number of ether oxygens (including phenoxy) is 2. The monoisotopic (exact) mass is 414 g/mol. The minimum Gasteiger partial charge on any atom is -0.497 e. The van der Waals surface area contributed by atoms with Crippen molar-refractivity contribution in [2.24, 2.45) is 5.92 Å². The molecular formula is C23H27FN2O4. The zero-order valence-corrected chi connectivity index (χ0v) is 17.5. The fraction of sp³-hybridized carbons (Fsp3) is 0.391. The fourth-order valence-electron chi connectivity index (χ4n) is 3.54. The zero-order valence-electron chi connectivity index (χ0n) is 17.5. The van der Waals surface area contributed by atoms with E-state index in [1.165, 1.54) is 20.3 Å². The molecule has 0 bridgehead atoms. The van der Waals surface area contributed by atoms with Gasteiger partial charge in [0.2, 0.25) is 5.91 Å². The van der Waals surface area contributed by atoms with Gasteiger partial charge in [0, 0.05) is 37.2 Å². The van der Waals surface area contributed by atoms with Crippen LogP contribution in [-0.4, -0.2) is 44.0 Å². The van der Waals surface area contributed by atoms with E-state index in [0.717, 1.165) is 5.56 Å². The van der Waals surface area contributed by atoms with Gasteiger partial charge in [-0.2, -0.15) is 0 Å². The van der Waals surface area contributed by atoms with E-state index in [1.807, 2.05) is 6.07 Å². The Hall–Kier alpha value is -3.09. The average molecular weight is 414 g/mol. The van der Waals surface area contributed by atoms with Crippen molar-refractivity contribution in [3.63, 3.8) is 0 Å². The fourth-order valence-corrected chi connectivity index (χ4v) is 3.54. The number of amides is 2. The summed E-state index contributed by atoms with van der Waals surface area (Å²) < 4.78 is 24.1. The largest absolute Gasteiger partial charge is 0.497 e. The first-order valence-corrected chi connectivity index (χ1v) is 9.96. The zero-order chi connectivity index (χ0) is 21.7. The lowest BCUT2D eigenvalue weighted by molar-refractivity contribution is -0.126. The lowest BCUT2D eigenvalue weighted by Crippen LogP contribution is -2.42. The maximum atomic E-state index is 13.6. The summed E-state index contributed by atoms with van der Waals surface area (Å²) in [6, 6.07) is 10.0. The second kappa shape index (κ2) is 9.61. The highest BCUT2D eigenvalue weighted by atomic mass is 19.1. The van der Waals surface area contributed by atoms with Gasteiger partial charge in [0.25, 0.3) is 5.91 Å². The van der Waals surface area contributed by atoms with E-state index in [1.54, 1.807) is 36.1 Å². The number of benzene rings is 2. The van der Waals surface area contributed by atoms with E-state index in [-0.39, 0.29) is 23.5 Å². The van der Waals surface area contributed by atoms with Crippen molar-refractivity contribution in [3.8, 4) is 11.5 Å². The average Bonchev–Trinajstić information content (AvgIpc) is 2.78. The Bertz CT molecular complexity index is 901. The molecule has 1 aliphatic rings. The predicted octanol–water partition coefficient (Wildman–Crippen LogP) is 3.32. The first-order chi connectivity index (χ1) is 14.4. The number of methoxy groups -OCH3 is 2. The molecule has 1 aliphatic heterocycles. The highest BCUT2D eigenvalue weighted by molar-refractivity contribution is 5.95. The van der Waals surface area contributed by atoms with E-state index in [9.17, 15) is 14.0 Å². The van der Waals surface area contributed by atoms with E-state index in [4.69, 9.17) is 9.47 Å². The summed E-state index contributed by atoms with van der Waals surface area (Å²) in [5.74, 6) is 0.498. The van der Waals surface area contributed by atoms with Crippen LogP contribution in [0, 0.1) is 18.7 Å². The molecule has 2 amide bonds. The number of rotatable bonds is 6. The number of likely N-dealkylation sites (tertiary alicyclic amines) is 1. The molecule has 7 heteroatoms. The predicted molar refractivity (Wildman–Crippen MR) is 111 cm³/mol. The van der Waals surface area contributed by atoms with Crippen LogP contribution < -0.4 is 14.8 Å². The van der Waals surface area contributed by atoms with Crippen molar-refractivity contribution in [1.82, 2.24) is 10.2 Å². The van der Waals surface area contributed by atoms with Crippen molar-refractivity contribution in [1.29, 1.82) is 0 Å².